The number of ether oxygens (including phenoxy) is 1. The van der Waals surface area contributed by atoms with Crippen LogP contribution in [0.1, 0.15) is 11.1 Å². The molecule has 3 aromatic carbocycles. The molecule has 0 bridgehead atoms. The summed E-state index contributed by atoms with van der Waals surface area (Å²) in [6, 6.07) is 14.8. The molecule has 0 aliphatic carbocycles. The van der Waals surface area contributed by atoms with Crippen molar-refractivity contribution in [1.29, 1.82) is 0 Å². The minimum Gasteiger partial charge on any atom is -0.508 e. The molecule has 1 aliphatic heterocycles. The van der Waals surface area contributed by atoms with Gasteiger partial charge in [-0.15, -0.1) is 0 Å². The summed E-state index contributed by atoms with van der Waals surface area (Å²) >= 11 is 6.11. The number of carbonyl (C=O) groups excluding carboxylic acids is 3. The van der Waals surface area contributed by atoms with Gasteiger partial charge in [0.15, 0.2) is 0 Å². The first kappa shape index (κ1) is 23.5. The van der Waals surface area contributed by atoms with Gasteiger partial charge in [-0.3, -0.25) is 25.0 Å². The number of anilines is 1. The molecular formula is C24H16ClN3O7. The third-order valence-electron chi connectivity index (χ3n) is 5.02. The molecular weight excluding hydrogens is 478 g/mol. The number of phenolic OH excluding ortho intramolecular Hbond substituents is 1. The summed E-state index contributed by atoms with van der Waals surface area (Å²) in [5.41, 5.74) is 0.724. The number of benzene rings is 3. The fraction of sp³-hybridized carbons (Fsp3) is 0.0417. The van der Waals surface area contributed by atoms with Crippen molar-refractivity contribution in [3.8, 4) is 11.5 Å². The Labute approximate surface area is 203 Å². The highest BCUT2D eigenvalue weighted by Gasteiger charge is 2.37. The number of aromatic hydroxyl groups is 1. The Balaban J connectivity index is 1.63. The number of hydrogen-bond acceptors (Lipinski definition) is 7. The molecule has 0 atom stereocenters. The van der Waals surface area contributed by atoms with E-state index in [1.54, 1.807) is 24.3 Å². The number of rotatable bonds is 6. The SMILES string of the molecule is O=C1NC(=O)N(c2ccc(O)cc2)C(=O)/C1=C/c1cc(Cl)ccc1OCc1ccc([N+](=O)[O-])cc1. The van der Waals surface area contributed by atoms with Gasteiger partial charge in [-0.1, -0.05) is 11.6 Å². The summed E-state index contributed by atoms with van der Waals surface area (Å²) < 4.78 is 5.81. The standard InChI is InChI=1S/C24H16ClN3O7/c25-16-3-10-21(35-13-14-1-4-18(5-2-14)28(33)34)15(11-16)12-20-22(30)26-24(32)27(23(20)31)17-6-8-19(29)9-7-17/h1-12,29H,13H2,(H,26,30,32)/b20-12+. The lowest BCUT2D eigenvalue weighted by Gasteiger charge is -2.26. The van der Waals surface area contributed by atoms with Crippen molar-refractivity contribution in [1.82, 2.24) is 5.32 Å². The molecule has 3 aromatic rings. The molecule has 35 heavy (non-hydrogen) atoms. The minimum atomic E-state index is -0.927. The number of non-ortho nitro benzene ring substituents is 1. The van der Waals surface area contributed by atoms with Crippen molar-refractivity contribution in [2.24, 2.45) is 0 Å². The Hall–Kier alpha value is -4.70. The number of imide groups is 2. The molecule has 11 heteroatoms. The van der Waals surface area contributed by atoms with Gasteiger partial charge in [0.2, 0.25) is 0 Å². The van der Waals surface area contributed by atoms with Crippen LogP contribution in [0.4, 0.5) is 16.2 Å². The smallest absolute Gasteiger partial charge is 0.335 e. The molecule has 2 N–H and O–H groups in total. The third kappa shape index (κ3) is 5.12. The maximum absolute atomic E-state index is 13.1. The molecule has 1 saturated heterocycles. The maximum Gasteiger partial charge on any atom is 0.335 e. The highest BCUT2D eigenvalue weighted by atomic mass is 35.5. The Kier molecular flexibility index (Phi) is 6.47. The number of carbonyl (C=O) groups is 3. The van der Waals surface area contributed by atoms with E-state index in [0.717, 1.165) is 4.90 Å². The Morgan fingerprint density at radius 1 is 1.03 bits per heavy atom. The largest absolute Gasteiger partial charge is 0.508 e. The zero-order valence-corrected chi connectivity index (χ0v) is 18.6. The van der Waals surface area contributed by atoms with Crippen LogP contribution in [0, 0.1) is 10.1 Å². The summed E-state index contributed by atoms with van der Waals surface area (Å²) in [6.45, 7) is 0.0497. The minimum absolute atomic E-state index is 0.0497. The van der Waals surface area contributed by atoms with E-state index in [1.807, 2.05) is 0 Å². The van der Waals surface area contributed by atoms with Crippen LogP contribution < -0.4 is 15.0 Å². The van der Waals surface area contributed by atoms with Crippen molar-refractivity contribution < 1.29 is 29.2 Å². The second kappa shape index (κ2) is 9.65. The van der Waals surface area contributed by atoms with E-state index in [4.69, 9.17) is 16.3 Å². The van der Waals surface area contributed by atoms with Gasteiger partial charge in [0.25, 0.3) is 17.5 Å². The van der Waals surface area contributed by atoms with Crippen molar-refractivity contribution in [2.45, 2.75) is 6.61 Å². The summed E-state index contributed by atoms with van der Waals surface area (Å²) in [6.07, 6.45) is 1.26. The first-order chi connectivity index (χ1) is 16.7. The lowest BCUT2D eigenvalue weighted by Crippen LogP contribution is -2.54. The Bertz CT molecular complexity index is 1370. The van der Waals surface area contributed by atoms with Crippen molar-refractivity contribution in [3.63, 3.8) is 0 Å². The highest BCUT2D eigenvalue weighted by molar-refractivity contribution is 6.39. The summed E-state index contributed by atoms with van der Waals surface area (Å²) in [5, 5.41) is 22.7. The van der Waals surface area contributed by atoms with Gasteiger partial charge in [-0.05, 0) is 66.2 Å². The molecule has 4 amide bonds. The lowest BCUT2D eigenvalue weighted by atomic mass is 10.1. The zero-order chi connectivity index (χ0) is 25.1. The number of nitrogens with one attached hydrogen (secondary N) is 1. The monoisotopic (exact) mass is 493 g/mol. The van der Waals surface area contributed by atoms with Gasteiger partial charge in [0, 0.05) is 22.7 Å². The highest BCUT2D eigenvalue weighted by Crippen LogP contribution is 2.29. The topological polar surface area (TPSA) is 139 Å². The van der Waals surface area contributed by atoms with E-state index in [1.165, 1.54) is 48.5 Å². The average molecular weight is 494 g/mol. The van der Waals surface area contributed by atoms with Crippen LogP contribution in [0.2, 0.25) is 5.02 Å². The predicted octanol–water partition coefficient (Wildman–Crippen LogP) is 4.20. The molecule has 4 rings (SSSR count). The van der Waals surface area contributed by atoms with Crippen molar-refractivity contribution in [3.05, 3.63) is 98.6 Å². The van der Waals surface area contributed by atoms with E-state index >= 15 is 0 Å². The van der Waals surface area contributed by atoms with E-state index in [2.05, 4.69) is 5.32 Å². The number of amides is 4. The van der Waals surface area contributed by atoms with Crippen LogP contribution in [0.15, 0.2) is 72.3 Å². The van der Waals surface area contributed by atoms with Gasteiger partial charge >= 0.3 is 6.03 Å². The summed E-state index contributed by atoms with van der Waals surface area (Å²) in [5.74, 6) is -1.53. The van der Waals surface area contributed by atoms with Gasteiger partial charge in [-0.25, -0.2) is 9.69 Å². The van der Waals surface area contributed by atoms with Crippen LogP contribution in [-0.4, -0.2) is 27.9 Å². The second-order valence-electron chi connectivity index (χ2n) is 7.37. The number of hydrogen-bond donors (Lipinski definition) is 2. The molecule has 0 radical (unpaired) electrons. The Morgan fingerprint density at radius 3 is 2.37 bits per heavy atom. The van der Waals surface area contributed by atoms with Crippen LogP contribution in [0.25, 0.3) is 6.08 Å². The molecule has 10 nitrogen and oxygen atoms in total. The van der Waals surface area contributed by atoms with Crippen LogP contribution in [0.3, 0.4) is 0 Å². The number of halogens is 1. The quantitative estimate of drug-likeness (QED) is 0.227. The maximum atomic E-state index is 13.1. The molecule has 0 saturated carbocycles. The second-order valence-corrected chi connectivity index (χ2v) is 7.81. The third-order valence-corrected chi connectivity index (χ3v) is 5.26. The number of urea groups is 1. The van der Waals surface area contributed by atoms with Gasteiger partial charge in [0.05, 0.1) is 10.6 Å². The predicted molar refractivity (Wildman–Crippen MR) is 126 cm³/mol. The molecule has 176 valence electrons. The van der Waals surface area contributed by atoms with Crippen LogP contribution in [0.5, 0.6) is 11.5 Å². The van der Waals surface area contributed by atoms with E-state index < -0.39 is 22.8 Å². The number of barbiturate groups is 1. The number of phenols is 1. The first-order valence-electron chi connectivity index (χ1n) is 10.1. The van der Waals surface area contributed by atoms with E-state index in [9.17, 15) is 29.6 Å². The van der Waals surface area contributed by atoms with Gasteiger partial charge in [0.1, 0.15) is 23.7 Å². The molecule has 0 aromatic heterocycles. The number of nitro benzene ring substituents is 1. The number of nitro groups is 1. The van der Waals surface area contributed by atoms with Gasteiger partial charge < -0.3 is 9.84 Å². The van der Waals surface area contributed by atoms with Crippen molar-refractivity contribution in [2.75, 3.05) is 4.90 Å². The normalized spacial score (nSPS) is 14.7. The van der Waals surface area contributed by atoms with Gasteiger partial charge in [-0.2, -0.15) is 0 Å². The van der Waals surface area contributed by atoms with Crippen LogP contribution in [-0.2, 0) is 16.2 Å². The summed E-state index contributed by atoms with van der Waals surface area (Å²) in [4.78, 5) is 49.0. The van der Waals surface area contributed by atoms with Crippen LogP contribution >= 0.6 is 11.6 Å². The van der Waals surface area contributed by atoms with E-state index in [0.29, 0.717) is 16.1 Å². The molecule has 0 unspecified atom stereocenters. The molecule has 1 heterocycles. The fourth-order valence-electron chi connectivity index (χ4n) is 3.29. The number of nitrogens with zero attached hydrogens (tertiary/aromatic N) is 2. The molecule has 1 fully saturated rings. The Morgan fingerprint density at radius 2 is 1.71 bits per heavy atom. The average Bonchev–Trinajstić information content (AvgIpc) is 2.82. The zero-order valence-electron chi connectivity index (χ0n) is 17.8. The summed E-state index contributed by atoms with van der Waals surface area (Å²) in [7, 11) is 0. The van der Waals surface area contributed by atoms with Crippen molar-refractivity contribution >= 4 is 46.9 Å². The first-order valence-corrected chi connectivity index (χ1v) is 10.5. The molecule has 0 spiro atoms. The van der Waals surface area contributed by atoms with E-state index in [-0.39, 0.29) is 35.1 Å². The fourth-order valence-corrected chi connectivity index (χ4v) is 3.47. The lowest BCUT2D eigenvalue weighted by molar-refractivity contribution is -0.384. The molecule has 1 aliphatic rings.